The lowest BCUT2D eigenvalue weighted by atomic mass is 9.90. The maximum absolute atomic E-state index is 14.0. The Morgan fingerprint density at radius 3 is 2.86 bits per heavy atom. The zero-order valence-electron chi connectivity index (χ0n) is 16.0. The van der Waals surface area contributed by atoms with Crippen LogP contribution in [-0.4, -0.2) is 25.0 Å². The first-order valence-electron chi connectivity index (χ1n) is 9.12. The van der Waals surface area contributed by atoms with Crippen molar-refractivity contribution in [1.29, 1.82) is 0 Å². The molecular formula is C21H20FN3O3S. The maximum Gasteiger partial charge on any atom is 0.226 e. The molecule has 2 N–H and O–H groups in total. The summed E-state index contributed by atoms with van der Waals surface area (Å²) in [6.45, 7) is 0.0519. The summed E-state index contributed by atoms with van der Waals surface area (Å²) in [6.07, 6.45) is 0.265. The van der Waals surface area contributed by atoms with Crippen LogP contribution in [0.15, 0.2) is 42.5 Å². The van der Waals surface area contributed by atoms with Crippen molar-refractivity contribution in [3.05, 3.63) is 64.3 Å². The molecule has 1 atom stereocenters. The molecule has 1 amide bonds. The highest BCUT2D eigenvalue weighted by Crippen LogP contribution is 2.47. The summed E-state index contributed by atoms with van der Waals surface area (Å²) < 4.78 is 25.6. The summed E-state index contributed by atoms with van der Waals surface area (Å²) in [5, 5.41) is 6.57. The van der Waals surface area contributed by atoms with Gasteiger partial charge in [0.25, 0.3) is 0 Å². The van der Waals surface area contributed by atoms with Gasteiger partial charge < -0.3 is 20.1 Å². The second-order valence-corrected chi connectivity index (χ2v) is 7.58. The predicted molar refractivity (Wildman–Crippen MR) is 110 cm³/mol. The smallest absolute Gasteiger partial charge is 0.226 e. The van der Waals surface area contributed by atoms with E-state index in [4.69, 9.17) is 9.47 Å². The van der Waals surface area contributed by atoms with Gasteiger partial charge in [0.2, 0.25) is 5.91 Å². The summed E-state index contributed by atoms with van der Waals surface area (Å²) in [7, 11) is 3.34. The molecule has 2 heterocycles. The van der Waals surface area contributed by atoms with Crippen molar-refractivity contribution < 1.29 is 18.7 Å². The van der Waals surface area contributed by atoms with Gasteiger partial charge in [-0.3, -0.25) is 4.79 Å². The van der Waals surface area contributed by atoms with Crippen LogP contribution in [0.1, 0.15) is 28.3 Å². The number of carbonyl (C=O) groups is 1. The van der Waals surface area contributed by atoms with Gasteiger partial charge in [-0.25, -0.2) is 9.37 Å². The normalized spacial score (nSPS) is 15.4. The highest BCUT2D eigenvalue weighted by Gasteiger charge is 2.33. The van der Waals surface area contributed by atoms with Crippen LogP contribution in [0.3, 0.4) is 0 Å². The molecule has 0 spiro atoms. The number of thiazole rings is 1. The molecule has 8 heteroatoms. The van der Waals surface area contributed by atoms with Crippen molar-refractivity contribution in [1.82, 2.24) is 4.98 Å². The molecule has 1 aliphatic rings. The summed E-state index contributed by atoms with van der Waals surface area (Å²) in [5.41, 5.74) is 1.25. The highest BCUT2D eigenvalue weighted by molar-refractivity contribution is 7.16. The number of aromatic nitrogens is 1. The van der Waals surface area contributed by atoms with Gasteiger partial charge in [-0.2, -0.15) is 0 Å². The van der Waals surface area contributed by atoms with Crippen molar-refractivity contribution in [2.75, 3.05) is 24.8 Å². The van der Waals surface area contributed by atoms with Crippen LogP contribution in [-0.2, 0) is 11.4 Å². The van der Waals surface area contributed by atoms with Crippen LogP contribution in [0, 0.1) is 5.82 Å². The molecule has 0 aliphatic carbocycles. The lowest BCUT2D eigenvalue weighted by Crippen LogP contribution is -2.23. The SMILES string of the molecule is CNc1nc2c(s1)[C@H](c1cccc(OC)c1OCc1ccccc1F)CC(=O)N2. The van der Waals surface area contributed by atoms with Crippen LogP contribution >= 0.6 is 11.3 Å². The molecule has 0 fully saturated rings. The van der Waals surface area contributed by atoms with E-state index in [2.05, 4.69) is 15.6 Å². The monoisotopic (exact) mass is 413 g/mol. The van der Waals surface area contributed by atoms with Gasteiger partial charge >= 0.3 is 0 Å². The number of fused-ring (bicyclic) bond motifs is 1. The molecule has 29 heavy (non-hydrogen) atoms. The van der Waals surface area contributed by atoms with Crippen molar-refractivity contribution in [2.24, 2.45) is 0 Å². The molecule has 0 saturated carbocycles. The third-order valence-corrected chi connectivity index (χ3v) is 5.95. The van der Waals surface area contributed by atoms with E-state index in [1.54, 1.807) is 38.4 Å². The number of halogens is 1. The Hall–Kier alpha value is -3.13. The topological polar surface area (TPSA) is 72.5 Å². The molecule has 2 aromatic carbocycles. The molecule has 0 saturated heterocycles. The minimum absolute atomic E-state index is 0.0519. The number of rotatable bonds is 6. The van der Waals surface area contributed by atoms with E-state index in [1.165, 1.54) is 17.4 Å². The Kier molecular flexibility index (Phi) is 5.35. The molecule has 0 bridgehead atoms. The molecule has 3 aromatic rings. The fourth-order valence-electron chi connectivity index (χ4n) is 3.36. The molecule has 150 valence electrons. The second-order valence-electron chi connectivity index (χ2n) is 6.55. The van der Waals surface area contributed by atoms with Crippen molar-refractivity contribution in [3.8, 4) is 11.5 Å². The van der Waals surface area contributed by atoms with E-state index < -0.39 is 0 Å². The minimum Gasteiger partial charge on any atom is -0.493 e. The van der Waals surface area contributed by atoms with E-state index in [9.17, 15) is 9.18 Å². The van der Waals surface area contributed by atoms with Crippen LogP contribution in [0.5, 0.6) is 11.5 Å². The fraction of sp³-hybridized carbons (Fsp3) is 0.238. The van der Waals surface area contributed by atoms with Gasteiger partial charge in [0.1, 0.15) is 18.2 Å². The summed E-state index contributed by atoms with van der Waals surface area (Å²) in [6, 6.07) is 12.0. The molecule has 0 unspecified atom stereocenters. The maximum atomic E-state index is 14.0. The average molecular weight is 413 g/mol. The van der Waals surface area contributed by atoms with Gasteiger partial charge in [-0.05, 0) is 12.1 Å². The zero-order chi connectivity index (χ0) is 20.4. The predicted octanol–water partition coefficient (Wildman–Crippen LogP) is 4.39. The number of nitrogens with zero attached hydrogens (tertiary/aromatic N) is 1. The molecule has 4 rings (SSSR count). The summed E-state index contributed by atoms with van der Waals surface area (Å²) in [5.74, 6) is 0.920. The lowest BCUT2D eigenvalue weighted by Gasteiger charge is -2.24. The van der Waals surface area contributed by atoms with Crippen molar-refractivity contribution >= 4 is 28.2 Å². The number of hydrogen-bond donors (Lipinski definition) is 2. The zero-order valence-corrected chi connectivity index (χ0v) is 16.8. The molecule has 6 nitrogen and oxygen atoms in total. The van der Waals surface area contributed by atoms with E-state index in [0.717, 1.165) is 15.6 Å². The first-order chi connectivity index (χ1) is 14.1. The average Bonchev–Trinajstić information content (AvgIpc) is 3.15. The number of methoxy groups -OCH3 is 1. The van der Waals surface area contributed by atoms with E-state index in [0.29, 0.717) is 22.9 Å². The number of hydrogen-bond acceptors (Lipinski definition) is 6. The highest BCUT2D eigenvalue weighted by atomic mass is 32.1. The Labute approximate surface area is 171 Å². The Bertz CT molecular complexity index is 1050. The molecule has 1 aliphatic heterocycles. The quantitative estimate of drug-likeness (QED) is 0.627. The standard InChI is InChI=1S/C21H20FN3O3S/c1-23-21-25-20-19(29-21)14(10-17(26)24-20)13-7-5-9-16(27-2)18(13)28-11-12-6-3-4-8-15(12)22/h3-9,14H,10-11H2,1-2H3,(H,23,25)(H,24,26)/t14-/m0/s1. The first kappa shape index (κ1) is 19.2. The Balaban J connectivity index is 1.74. The van der Waals surface area contributed by atoms with Crippen LogP contribution < -0.4 is 20.1 Å². The number of para-hydroxylation sites is 1. The third kappa shape index (κ3) is 3.75. The summed E-state index contributed by atoms with van der Waals surface area (Å²) in [4.78, 5) is 17.7. The number of carbonyl (C=O) groups excluding carboxylic acids is 1. The second kappa shape index (κ2) is 8.08. The Morgan fingerprint density at radius 1 is 1.28 bits per heavy atom. The van der Waals surface area contributed by atoms with Gasteiger partial charge in [0.15, 0.2) is 16.6 Å². The number of amides is 1. The van der Waals surface area contributed by atoms with E-state index in [-0.39, 0.29) is 30.7 Å². The number of nitrogens with one attached hydrogen (secondary N) is 2. The summed E-state index contributed by atoms with van der Waals surface area (Å²) >= 11 is 1.49. The fourth-order valence-corrected chi connectivity index (χ4v) is 4.36. The minimum atomic E-state index is -0.329. The largest absolute Gasteiger partial charge is 0.493 e. The van der Waals surface area contributed by atoms with Gasteiger partial charge in [-0.1, -0.05) is 41.7 Å². The molecular weight excluding hydrogens is 393 g/mol. The van der Waals surface area contributed by atoms with Gasteiger partial charge in [0.05, 0.1) is 12.0 Å². The number of benzene rings is 2. The van der Waals surface area contributed by atoms with Gasteiger partial charge in [0, 0.05) is 30.5 Å². The van der Waals surface area contributed by atoms with Crippen molar-refractivity contribution in [3.63, 3.8) is 0 Å². The first-order valence-corrected chi connectivity index (χ1v) is 9.93. The van der Waals surface area contributed by atoms with E-state index in [1.807, 2.05) is 12.1 Å². The van der Waals surface area contributed by atoms with Crippen LogP contribution in [0.4, 0.5) is 15.3 Å². The lowest BCUT2D eigenvalue weighted by molar-refractivity contribution is -0.116. The van der Waals surface area contributed by atoms with E-state index >= 15 is 0 Å². The number of anilines is 2. The van der Waals surface area contributed by atoms with Crippen LogP contribution in [0.25, 0.3) is 0 Å². The van der Waals surface area contributed by atoms with Crippen molar-refractivity contribution in [2.45, 2.75) is 18.9 Å². The molecule has 0 radical (unpaired) electrons. The Morgan fingerprint density at radius 2 is 2.10 bits per heavy atom. The number of ether oxygens (including phenoxy) is 2. The third-order valence-electron chi connectivity index (χ3n) is 4.77. The van der Waals surface area contributed by atoms with Gasteiger partial charge in [-0.15, -0.1) is 0 Å². The van der Waals surface area contributed by atoms with Crippen LogP contribution in [0.2, 0.25) is 0 Å². The molecule has 1 aromatic heterocycles.